The molecule has 0 heterocycles. The number of fused-ring (bicyclic) bond motifs is 1. The maximum Gasteiger partial charge on any atom is 0.189 e. The monoisotopic (exact) mass is 264 g/mol. The van der Waals surface area contributed by atoms with Gasteiger partial charge in [-0.05, 0) is 54.3 Å². The smallest absolute Gasteiger partial charge is 0.189 e. The highest BCUT2D eigenvalue weighted by atomic mass is 16.3. The molecule has 2 aromatic rings. The molecule has 0 fully saturated rings. The van der Waals surface area contributed by atoms with Gasteiger partial charge in [-0.3, -0.25) is 4.79 Å². The van der Waals surface area contributed by atoms with Gasteiger partial charge in [0.25, 0.3) is 0 Å². The normalized spacial score (nSPS) is 15.7. The van der Waals surface area contributed by atoms with Crippen LogP contribution in [-0.4, -0.2) is 10.9 Å². The molecule has 2 nitrogen and oxygen atoms in total. The van der Waals surface area contributed by atoms with Gasteiger partial charge in [-0.25, -0.2) is 0 Å². The Bertz CT molecular complexity index is 716. The number of rotatable bonds is 1. The van der Waals surface area contributed by atoms with Gasteiger partial charge in [-0.2, -0.15) is 0 Å². The summed E-state index contributed by atoms with van der Waals surface area (Å²) in [6.07, 6.45) is 2.62. The predicted octanol–water partition coefficient (Wildman–Crippen LogP) is 3.83. The molecule has 20 heavy (non-hydrogen) atoms. The average Bonchev–Trinajstić information content (AvgIpc) is 2.73. The number of carbonyl (C=O) groups is 1. The lowest BCUT2D eigenvalue weighted by Gasteiger charge is -2.05. The van der Waals surface area contributed by atoms with E-state index in [1.807, 2.05) is 56.3 Å². The first kappa shape index (κ1) is 12.7. The van der Waals surface area contributed by atoms with Crippen LogP contribution in [0.2, 0.25) is 0 Å². The highest BCUT2D eigenvalue weighted by Gasteiger charge is 2.23. The average molecular weight is 264 g/mol. The molecule has 0 saturated heterocycles. The standard InChI is InChI=1S/C18H16O2/c1-11-7-13(8-12(2)17(11)19)9-15-10-14-5-3-4-6-16(14)18(15)20/h3-9,19H,10H2,1-2H3/b15-9+. The van der Waals surface area contributed by atoms with Crippen LogP contribution < -0.4 is 0 Å². The van der Waals surface area contributed by atoms with E-state index in [1.54, 1.807) is 0 Å². The zero-order chi connectivity index (χ0) is 14.3. The van der Waals surface area contributed by atoms with E-state index >= 15 is 0 Å². The van der Waals surface area contributed by atoms with Crippen LogP contribution in [0.15, 0.2) is 42.0 Å². The van der Waals surface area contributed by atoms with Crippen LogP contribution in [0, 0.1) is 13.8 Å². The van der Waals surface area contributed by atoms with Gasteiger partial charge in [0, 0.05) is 17.6 Å². The molecule has 0 unspecified atom stereocenters. The maximum absolute atomic E-state index is 12.3. The summed E-state index contributed by atoms with van der Waals surface area (Å²) in [6, 6.07) is 11.6. The van der Waals surface area contributed by atoms with Crippen molar-refractivity contribution in [3.05, 3.63) is 69.8 Å². The highest BCUT2D eigenvalue weighted by molar-refractivity contribution is 6.15. The second kappa shape index (κ2) is 4.64. The van der Waals surface area contributed by atoms with Crippen molar-refractivity contribution in [3.63, 3.8) is 0 Å². The molecule has 2 aromatic carbocycles. The zero-order valence-electron chi connectivity index (χ0n) is 11.6. The van der Waals surface area contributed by atoms with Crippen molar-refractivity contribution in [2.45, 2.75) is 20.3 Å². The number of allylic oxidation sites excluding steroid dienone is 1. The molecule has 0 atom stereocenters. The molecular formula is C18H16O2. The molecule has 100 valence electrons. The van der Waals surface area contributed by atoms with Crippen molar-refractivity contribution in [1.29, 1.82) is 0 Å². The number of hydrogen-bond donors (Lipinski definition) is 1. The first-order chi connectivity index (χ1) is 9.56. The molecule has 1 aliphatic carbocycles. The van der Waals surface area contributed by atoms with Gasteiger partial charge >= 0.3 is 0 Å². The lowest BCUT2D eigenvalue weighted by atomic mass is 10.0. The molecule has 0 aliphatic heterocycles. The van der Waals surface area contributed by atoms with Crippen LogP contribution in [0.1, 0.15) is 32.6 Å². The summed E-state index contributed by atoms with van der Waals surface area (Å²) in [7, 11) is 0. The van der Waals surface area contributed by atoms with Crippen LogP contribution in [-0.2, 0) is 6.42 Å². The third-order valence-electron chi connectivity index (χ3n) is 3.79. The molecule has 2 heteroatoms. The number of carbonyl (C=O) groups excluding carboxylic acids is 1. The minimum atomic E-state index is 0.115. The number of aryl methyl sites for hydroxylation is 2. The third kappa shape index (κ3) is 2.03. The van der Waals surface area contributed by atoms with Crippen molar-refractivity contribution in [2.24, 2.45) is 0 Å². The van der Waals surface area contributed by atoms with E-state index in [9.17, 15) is 9.90 Å². The van der Waals surface area contributed by atoms with Gasteiger partial charge in [-0.15, -0.1) is 0 Å². The first-order valence-electron chi connectivity index (χ1n) is 6.69. The minimum Gasteiger partial charge on any atom is -0.507 e. The van der Waals surface area contributed by atoms with Crippen LogP contribution in [0.25, 0.3) is 6.08 Å². The van der Waals surface area contributed by atoms with Crippen LogP contribution in [0.4, 0.5) is 0 Å². The molecule has 0 spiro atoms. The Morgan fingerprint density at radius 1 is 1.10 bits per heavy atom. The van der Waals surface area contributed by atoms with Crippen LogP contribution in [0.5, 0.6) is 5.75 Å². The predicted molar refractivity (Wildman–Crippen MR) is 80.0 cm³/mol. The summed E-state index contributed by atoms with van der Waals surface area (Å²) in [5.41, 5.74) is 5.35. The molecule has 0 radical (unpaired) electrons. The fraction of sp³-hybridized carbons (Fsp3) is 0.167. The van der Waals surface area contributed by atoms with Crippen molar-refractivity contribution in [3.8, 4) is 5.75 Å². The molecule has 3 rings (SSSR count). The Labute approximate surface area is 118 Å². The molecule has 0 saturated carbocycles. The zero-order valence-corrected chi connectivity index (χ0v) is 11.6. The summed E-state index contributed by atoms with van der Waals surface area (Å²) < 4.78 is 0. The third-order valence-corrected chi connectivity index (χ3v) is 3.79. The van der Waals surface area contributed by atoms with Gasteiger partial charge in [0.05, 0.1) is 0 Å². The Hall–Kier alpha value is -2.35. The minimum absolute atomic E-state index is 0.115. The Balaban J connectivity index is 2.02. The SMILES string of the molecule is Cc1cc(/C=C2\Cc3ccccc3C2=O)cc(C)c1O. The molecule has 0 aromatic heterocycles. The van der Waals surface area contributed by atoms with Crippen molar-refractivity contribution >= 4 is 11.9 Å². The number of phenols is 1. The van der Waals surface area contributed by atoms with Crippen LogP contribution >= 0.6 is 0 Å². The number of aromatic hydroxyl groups is 1. The Morgan fingerprint density at radius 2 is 1.75 bits per heavy atom. The molecule has 1 N–H and O–H groups in total. The van der Waals surface area contributed by atoms with Gasteiger partial charge in [0.2, 0.25) is 0 Å². The largest absolute Gasteiger partial charge is 0.507 e. The quantitative estimate of drug-likeness (QED) is 0.795. The summed E-state index contributed by atoms with van der Waals surface area (Å²) in [5.74, 6) is 0.442. The maximum atomic E-state index is 12.3. The summed E-state index contributed by atoms with van der Waals surface area (Å²) in [4.78, 5) is 12.3. The number of phenolic OH excluding ortho intramolecular Hbond substituents is 1. The van der Waals surface area contributed by atoms with Gasteiger partial charge < -0.3 is 5.11 Å². The van der Waals surface area contributed by atoms with Gasteiger partial charge in [-0.1, -0.05) is 24.3 Å². The lowest BCUT2D eigenvalue weighted by molar-refractivity contribution is 0.104. The second-order valence-electron chi connectivity index (χ2n) is 5.34. The fourth-order valence-electron chi connectivity index (χ4n) is 2.74. The van der Waals surface area contributed by atoms with E-state index in [-0.39, 0.29) is 5.78 Å². The second-order valence-corrected chi connectivity index (χ2v) is 5.34. The van der Waals surface area contributed by atoms with Gasteiger partial charge in [0.15, 0.2) is 5.78 Å². The van der Waals surface area contributed by atoms with Crippen molar-refractivity contribution in [1.82, 2.24) is 0 Å². The Kier molecular flexibility index (Phi) is 2.94. The molecule has 0 amide bonds. The molecule has 1 aliphatic rings. The first-order valence-corrected chi connectivity index (χ1v) is 6.69. The Morgan fingerprint density at radius 3 is 2.40 bits per heavy atom. The van der Waals surface area contributed by atoms with E-state index in [1.165, 1.54) is 0 Å². The molecular weight excluding hydrogens is 248 g/mol. The fourth-order valence-corrected chi connectivity index (χ4v) is 2.74. The summed E-state index contributed by atoms with van der Waals surface area (Å²) >= 11 is 0. The van der Waals surface area contributed by atoms with E-state index in [4.69, 9.17) is 0 Å². The van der Waals surface area contributed by atoms with E-state index in [0.717, 1.165) is 33.4 Å². The number of benzene rings is 2. The number of ketones is 1. The topological polar surface area (TPSA) is 37.3 Å². The van der Waals surface area contributed by atoms with E-state index in [0.29, 0.717) is 12.2 Å². The van der Waals surface area contributed by atoms with Gasteiger partial charge in [0.1, 0.15) is 5.75 Å². The number of hydrogen-bond acceptors (Lipinski definition) is 2. The van der Waals surface area contributed by atoms with Crippen molar-refractivity contribution in [2.75, 3.05) is 0 Å². The highest BCUT2D eigenvalue weighted by Crippen LogP contribution is 2.29. The number of Topliss-reactive ketones (excluding diaryl/α,β-unsaturated/α-hetero) is 1. The molecule has 0 bridgehead atoms. The lowest BCUT2D eigenvalue weighted by Crippen LogP contribution is -1.95. The van der Waals surface area contributed by atoms with E-state index in [2.05, 4.69) is 0 Å². The van der Waals surface area contributed by atoms with E-state index < -0.39 is 0 Å². The summed E-state index contributed by atoms with van der Waals surface area (Å²) in [5, 5.41) is 9.80. The van der Waals surface area contributed by atoms with Crippen LogP contribution in [0.3, 0.4) is 0 Å². The van der Waals surface area contributed by atoms with Crippen molar-refractivity contribution < 1.29 is 9.90 Å². The summed E-state index contributed by atoms with van der Waals surface area (Å²) in [6.45, 7) is 3.74.